The Kier molecular flexibility index (Phi) is 3.57. The number of benzene rings is 1. The molecule has 1 saturated carbocycles. The van der Waals surface area contributed by atoms with E-state index in [1.165, 1.54) is 12.8 Å². The molecular formula is C16H22N4O. The summed E-state index contributed by atoms with van der Waals surface area (Å²) in [6, 6.07) is 5.67. The first-order valence-electron chi connectivity index (χ1n) is 7.60. The van der Waals surface area contributed by atoms with Gasteiger partial charge >= 0.3 is 0 Å². The van der Waals surface area contributed by atoms with Crippen LogP contribution in [-0.2, 0) is 0 Å². The van der Waals surface area contributed by atoms with Crippen LogP contribution < -0.4 is 11.1 Å². The van der Waals surface area contributed by atoms with Crippen molar-refractivity contribution in [1.29, 1.82) is 0 Å². The van der Waals surface area contributed by atoms with Gasteiger partial charge in [0.05, 0.1) is 5.52 Å². The van der Waals surface area contributed by atoms with Crippen molar-refractivity contribution in [3.05, 3.63) is 23.9 Å². The van der Waals surface area contributed by atoms with Crippen LogP contribution in [0.25, 0.3) is 10.9 Å². The molecule has 0 radical (unpaired) electrons. The van der Waals surface area contributed by atoms with E-state index in [9.17, 15) is 4.79 Å². The van der Waals surface area contributed by atoms with Gasteiger partial charge in [0, 0.05) is 17.1 Å². The van der Waals surface area contributed by atoms with E-state index in [4.69, 9.17) is 5.73 Å². The van der Waals surface area contributed by atoms with Crippen molar-refractivity contribution < 1.29 is 4.79 Å². The van der Waals surface area contributed by atoms with Gasteiger partial charge in [0.2, 0.25) is 0 Å². The fraction of sp³-hybridized carbons (Fsp3) is 0.500. The number of amides is 1. The molecule has 0 saturated heterocycles. The summed E-state index contributed by atoms with van der Waals surface area (Å²) in [6.07, 6.45) is 3.46. The minimum atomic E-state index is -0.113. The van der Waals surface area contributed by atoms with E-state index in [0.717, 1.165) is 17.3 Å². The van der Waals surface area contributed by atoms with Gasteiger partial charge in [0.1, 0.15) is 0 Å². The third kappa shape index (κ3) is 2.60. The van der Waals surface area contributed by atoms with Crippen LogP contribution in [0.4, 0.5) is 5.69 Å². The molecule has 1 aromatic carbocycles. The van der Waals surface area contributed by atoms with Gasteiger partial charge in [-0.3, -0.25) is 9.89 Å². The second kappa shape index (κ2) is 5.39. The van der Waals surface area contributed by atoms with Crippen molar-refractivity contribution in [1.82, 2.24) is 15.5 Å². The van der Waals surface area contributed by atoms with Gasteiger partial charge in [-0.25, -0.2) is 0 Å². The maximum atomic E-state index is 12.5. The lowest BCUT2D eigenvalue weighted by molar-refractivity contribution is 0.0887. The molecule has 1 heterocycles. The molecule has 0 aliphatic heterocycles. The normalized spacial score (nSPS) is 25.9. The maximum absolute atomic E-state index is 12.5. The molecule has 1 aliphatic carbocycles. The Morgan fingerprint density at radius 1 is 1.38 bits per heavy atom. The lowest BCUT2D eigenvalue weighted by Gasteiger charge is -2.34. The monoisotopic (exact) mass is 286 g/mol. The highest BCUT2D eigenvalue weighted by Gasteiger charge is 2.29. The first-order chi connectivity index (χ1) is 10.1. The standard InChI is InChI=1S/C16H22N4O/c1-9-4-3-5-13(10(9)2)18-16(21)15-12-8-11(17)6-7-14(12)19-20-15/h6-10,13H,3-5,17H2,1-2H3,(H,18,21)(H,19,20). The molecule has 3 atom stereocenters. The molecule has 21 heavy (non-hydrogen) atoms. The molecule has 2 aromatic rings. The number of carbonyl (C=O) groups excluding carboxylic acids is 1. The molecule has 4 N–H and O–H groups in total. The number of fused-ring (bicyclic) bond motifs is 1. The molecule has 0 bridgehead atoms. The van der Waals surface area contributed by atoms with Gasteiger partial charge in [0.25, 0.3) is 5.91 Å². The molecule has 5 nitrogen and oxygen atoms in total. The quantitative estimate of drug-likeness (QED) is 0.742. The van der Waals surface area contributed by atoms with Crippen LogP contribution in [0.2, 0.25) is 0 Å². The van der Waals surface area contributed by atoms with Crippen molar-refractivity contribution in [2.45, 2.75) is 39.2 Å². The highest BCUT2D eigenvalue weighted by Crippen LogP contribution is 2.30. The predicted octanol–water partition coefficient (Wildman–Crippen LogP) is 2.70. The van der Waals surface area contributed by atoms with Gasteiger partial charge in [-0.05, 0) is 36.5 Å². The number of carbonyl (C=O) groups is 1. The highest BCUT2D eigenvalue weighted by atomic mass is 16.2. The second-order valence-corrected chi connectivity index (χ2v) is 6.22. The number of nitrogens with zero attached hydrogens (tertiary/aromatic N) is 1. The van der Waals surface area contributed by atoms with Crippen LogP contribution in [0.3, 0.4) is 0 Å². The summed E-state index contributed by atoms with van der Waals surface area (Å²) in [5.41, 5.74) is 7.71. The Morgan fingerprint density at radius 2 is 2.19 bits per heavy atom. The van der Waals surface area contributed by atoms with Crippen molar-refractivity contribution >= 4 is 22.5 Å². The van der Waals surface area contributed by atoms with E-state index >= 15 is 0 Å². The zero-order chi connectivity index (χ0) is 15.0. The number of nitrogens with two attached hydrogens (primary N) is 1. The maximum Gasteiger partial charge on any atom is 0.272 e. The highest BCUT2D eigenvalue weighted by molar-refractivity contribution is 6.05. The first kappa shape index (κ1) is 13.9. The number of aromatic amines is 1. The van der Waals surface area contributed by atoms with E-state index in [0.29, 0.717) is 23.2 Å². The predicted molar refractivity (Wildman–Crippen MR) is 83.9 cm³/mol. The molecule has 3 rings (SSSR count). The van der Waals surface area contributed by atoms with Crippen molar-refractivity contribution in [3.63, 3.8) is 0 Å². The van der Waals surface area contributed by atoms with Gasteiger partial charge in [-0.2, -0.15) is 5.10 Å². The number of hydrogen-bond donors (Lipinski definition) is 3. The van der Waals surface area contributed by atoms with Crippen LogP contribution >= 0.6 is 0 Å². The topological polar surface area (TPSA) is 83.8 Å². The minimum Gasteiger partial charge on any atom is -0.399 e. The molecule has 112 valence electrons. The molecule has 1 aliphatic rings. The van der Waals surface area contributed by atoms with Crippen molar-refractivity contribution in [3.8, 4) is 0 Å². The molecule has 1 aromatic heterocycles. The van der Waals surface area contributed by atoms with E-state index in [2.05, 4.69) is 29.4 Å². The van der Waals surface area contributed by atoms with Crippen LogP contribution in [0.5, 0.6) is 0 Å². The molecular weight excluding hydrogens is 264 g/mol. The third-order valence-electron chi connectivity index (χ3n) is 4.83. The average Bonchev–Trinajstić information content (AvgIpc) is 2.87. The lowest BCUT2D eigenvalue weighted by Crippen LogP contribution is -2.43. The number of nitrogen functional groups attached to an aromatic ring is 1. The Balaban J connectivity index is 1.82. The zero-order valence-electron chi connectivity index (χ0n) is 12.5. The Labute approximate surface area is 124 Å². The summed E-state index contributed by atoms with van der Waals surface area (Å²) in [5, 5.41) is 11.0. The summed E-state index contributed by atoms with van der Waals surface area (Å²) in [7, 11) is 0. The summed E-state index contributed by atoms with van der Waals surface area (Å²) in [6.45, 7) is 4.48. The van der Waals surface area contributed by atoms with Gasteiger partial charge in [-0.15, -0.1) is 0 Å². The Morgan fingerprint density at radius 3 is 3.00 bits per heavy atom. The van der Waals surface area contributed by atoms with Crippen molar-refractivity contribution in [2.75, 3.05) is 5.73 Å². The summed E-state index contributed by atoms with van der Waals surface area (Å²) in [4.78, 5) is 12.5. The fourth-order valence-corrected chi connectivity index (χ4v) is 3.23. The smallest absolute Gasteiger partial charge is 0.272 e. The van der Waals surface area contributed by atoms with Gasteiger partial charge in [-0.1, -0.05) is 26.7 Å². The van der Waals surface area contributed by atoms with Gasteiger partial charge in [0.15, 0.2) is 5.69 Å². The average molecular weight is 286 g/mol. The van der Waals surface area contributed by atoms with E-state index in [1.807, 2.05) is 6.07 Å². The van der Waals surface area contributed by atoms with Crippen LogP contribution in [0.1, 0.15) is 43.6 Å². The molecule has 0 spiro atoms. The number of aromatic nitrogens is 2. The number of H-pyrrole nitrogens is 1. The fourth-order valence-electron chi connectivity index (χ4n) is 3.23. The minimum absolute atomic E-state index is 0.113. The summed E-state index contributed by atoms with van der Waals surface area (Å²) in [5.74, 6) is 1.03. The zero-order valence-corrected chi connectivity index (χ0v) is 12.5. The first-order valence-corrected chi connectivity index (χ1v) is 7.60. The van der Waals surface area contributed by atoms with Crippen LogP contribution in [-0.4, -0.2) is 22.1 Å². The van der Waals surface area contributed by atoms with Gasteiger partial charge < -0.3 is 11.1 Å². The number of rotatable bonds is 2. The number of hydrogen-bond acceptors (Lipinski definition) is 3. The number of anilines is 1. The molecule has 5 heteroatoms. The summed E-state index contributed by atoms with van der Waals surface area (Å²) >= 11 is 0. The molecule has 1 amide bonds. The number of nitrogens with one attached hydrogen (secondary N) is 2. The lowest BCUT2D eigenvalue weighted by atomic mass is 9.78. The van der Waals surface area contributed by atoms with Crippen LogP contribution in [0, 0.1) is 11.8 Å². The summed E-state index contributed by atoms with van der Waals surface area (Å²) < 4.78 is 0. The second-order valence-electron chi connectivity index (χ2n) is 6.22. The van der Waals surface area contributed by atoms with E-state index in [1.54, 1.807) is 12.1 Å². The SMILES string of the molecule is CC1CCCC(NC(=O)c2n[nH]c3ccc(N)cc23)C1C. The van der Waals surface area contributed by atoms with Crippen molar-refractivity contribution in [2.24, 2.45) is 11.8 Å². The van der Waals surface area contributed by atoms with Crippen LogP contribution in [0.15, 0.2) is 18.2 Å². The largest absolute Gasteiger partial charge is 0.399 e. The Bertz CT molecular complexity index is 663. The molecule has 1 fully saturated rings. The molecule has 3 unspecified atom stereocenters. The van der Waals surface area contributed by atoms with E-state index < -0.39 is 0 Å². The Hall–Kier alpha value is -2.04. The van der Waals surface area contributed by atoms with E-state index in [-0.39, 0.29) is 11.9 Å². The third-order valence-corrected chi connectivity index (χ3v) is 4.83.